The predicted octanol–water partition coefficient (Wildman–Crippen LogP) is 5.17. The van der Waals surface area contributed by atoms with Gasteiger partial charge in [-0.3, -0.25) is 4.79 Å². The summed E-state index contributed by atoms with van der Waals surface area (Å²) in [5.74, 6) is 0.0825. The summed E-state index contributed by atoms with van der Waals surface area (Å²) in [7, 11) is 0. The summed E-state index contributed by atoms with van der Waals surface area (Å²) < 4.78 is 38.1. The zero-order valence-corrected chi connectivity index (χ0v) is 14.2. The van der Waals surface area contributed by atoms with Crippen molar-refractivity contribution >= 4 is 5.91 Å². The van der Waals surface area contributed by atoms with Crippen LogP contribution in [0.25, 0.3) is 0 Å². The first kappa shape index (κ1) is 17.1. The molecule has 5 heteroatoms. The van der Waals surface area contributed by atoms with E-state index in [0.717, 1.165) is 49.1 Å². The molecule has 1 saturated carbocycles. The molecule has 0 bridgehead atoms. The van der Waals surface area contributed by atoms with Crippen LogP contribution in [0.2, 0.25) is 0 Å². The molecule has 1 heterocycles. The van der Waals surface area contributed by atoms with E-state index in [9.17, 15) is 18.0 Å². The molecule has 2 nitrogen and oxygen atoms in total. The Morgan fingerprint density at radius 2 is 1.65 bits per heavy atom. The molecule has 2 aromatic rings. The number of alkyl halides is 3. The molecule has 0 spiro atoms. The summed E-state index contributed by atoms with van der Waals surface area (Å²) >= 11 is 0. The minimum atomic E-state index is -4.32. The number of hydrogen-bond donors (Lipinski definition) is 0. The molecule has 1 amide bonds. The van der Waals surface area contributed by atoms with Crippen LogP contribution in [-0.4, -0.2) is 17.4 Å². The maximum Gasteiger partial charge on any atom is 0.416 e. The van der Waals surface area contributed by atoms with E-state index in [1.165, 1.54) is 12.1 Å². The molecule has 2 aromatic carbocycles. The average Bonchev–Trinajstić information content (AvgIpc) is 3.29. The summed E-state index contributed by atoms with van der Waals surface area (Å²) in [6.45, 7) is 0.759. The van der Waals surface area contributed by atoms with Gasteiger partial charge >= 0.3 is 6.18 Å². The highest BCUT2D eigenvalue weighted by molar-refractivity contribution is 5.83. The average molecular weight is 359 g/mol. The molecule has 0 aromatic heterocycles. The highest BCUT2D eigenvalue weighted by atomic mass is 19.4. The highest BCUT2D eigenvalue weighted by Gasteiger charge is 2.47. The molecule has 136 valence electrons. The molecule has 3 unspecified atom stereocenters. The van der Waals surface area contributed by atoms with Crippen molar-refractivity contribution in [2.45, 2.75) is 37.4 Å². The Balaban J connectivity index is 1.45. The zero-order valence-electron chi connectivity index (χ0n) is 14.2. The fourth-order valence-corrected chi connectivity index (χ4v) is 4.02. The van der Waals surface area contributed by atoms with E-state index < -0.39 is 11.7 Å². The molecule has 1 aliphatic heterocycles. The molecule has 4 rings (SSSR count). The monoisotopic (exact) mass is 359 g/mol. The number of nitrogens with zero attached hydrogens (tertiary/aromatic N) is 1. The van der Waals surface area contributed by atoms with Gasteiger partial charge in [-0.1, -0.05) is 42.5 Å². The van der Waals surface area contributed by atoms with Crippen LogP contribution in [0.3, 0.4) is 0 Å². The molecule has 0 radical (unpaired) electrons. The largest absolute Gasteiger partial charge is 0.416 e. The molecular formula is C21H20F3NO. The minimum Gasteiger partial charge on any atom is -0.335 e. The number of rotatable bonds is 3. The predicted molar refractivity (Wildman–Crippen MR) is 92.4 cm³/mol. The molecular weight excluding hydrogens is 339 g/mol. The SMILES string of the molecule is O=C(C1CC1c1ccc(C(F)(F)F)cc1)N1CCCC1c1ccccc1. The highest BCUT2D eigenvalue weighted by Crippen LogP contribution is 2.50. The molecule has 26 heavy (non-hydrogen) atoms. The van der Waals surface area contributed by atoms with Crippen molar-refractivity contribution < 1.29 is 18.0 Å². The van der Waals surface area contributed by atoms with Crippen LogP contribution in [0.4, 0.5) is 13.2 Å². The molecule has 2 fully saturated rings. The molecule has 1 aliphatic carbocycles. The Labute approximate surface area is 150 Å². The lowest BCUT2D eigenvalue weighted by molar-refractivity contribution is -0.137. The summed E-state index contributed by atoms with van der Waals surface area (Å²) in [5.41, 5.74) is 1.34. The van der Waals surface area contributed by atoms with Crippen LogP contribution in [-0.2, 0) is 11.0 Å². The maximum absolute atomic E-state index is 12.9. The van der Waals surface area contributed by atoms with E-state index in [2.05, 4.69) is 12.1 Å². The Morgan fingerprint density at radius 3 is 2.31 bits per heavy atom. The van der Waals surface area contributed by atoms with Crippen molar-refractivity contribution in [2.75, 3.05) is 6.54 Å². The van der Waals surface area contributed by atoms with Gasteiger partial charge < -0.3 is 4.90 Å². The third kappa shape index (κ3) is 3.22. The van der Waals surface area contributed by atoms with Gasteiger partial charge in [-0.15, -0.1) is 0 Å². The second-order valence-electron chi connectivity index (χ2n) is 7.17. The van der Waals surface area contributed by atoms with E-state index in [1.54, 1.807) is 0 Å². The van der Waals surface area contributed by atoms with Gasteiger partial charge in [0.05, 0.1) is 11.6 Å². The number of carbonyl (C=O) groups is 1. The molecule has 1 saturated heterocycles. The number of hydrogen-bond acceptors (Lipinski definition) is 1. The second-order valence-corrected chi connectivity index (χ2v) is 7.17. The van der Waals surface area contributed by atoms with Crippen LogP contribution in [0.15, 0.2) is 54.6 Å². The lowest BCUT2D eigenvalue weighted by Gasteiger charge is -2.25. The summed E-state index contributed by atoms with van der Waals surface area (Å²) in [6, 6.07) is 15.4. The van der Waals surface area contributed by atoms with Gasteiger partial charge in [0.2, 0.25) is 5.91 Å². The van der Waals surface area contributed by atoms with E-state index in [-0.39, 0.29) is 23.8 Å². The molecule has 0 N–H and O–H groups in total. The number of benzene rings is 2. The van der Waals surface area contributed by atoms with Gasteiger partial charge in [-0.05, 0) is 48.4 Å². The van der Waals surface area contributed by atoms with Crippen molar-refractivity contribution in [3.05, 3.63) is 71.3 Å². The first-order valence-electron chi connectivity index (χ1n) is 8.98. The minimum absolute atomic E-state index is 0.0433. The van der Waals surface area contributed by atoms with Crippen molar-refractivity contribution in [3.63, 3.8) is 0 Å². The fourth-order valence-electron chi connectivity index (χ4n) is 4.02. The van der Waals surface area contributed by atoms with Gasteiger partial charge in [0.25, 0.3) is 0 Å². The Hall–Kier alpha value is -2.30. The van der Waals surface area contributed by atoms with E-state index in [0.29, 0.717) is 0 Å². The Morgan fingerprint density at radius 1 is 0.962 bits per heavy atom. The zero-order chi connectivity index (χ0) is 18.3. The van der Waals surface area contributed by atoms with Gasteiger partial charge in [0, 0.05) is 12.5 Å². The quantitative estimate of drug-likeness (QED) is 0.740. The lowest BCUT2D eigenvalue weighted by atomic mass is 10.0. The number of amides is 1. The van der Waals surface area contributed by atoms with Gasteiger partial charge in [0.1, 0.15) is 0 Å². The van der Waals surface area contributed by atoms with Gasteiger partial charge in [-0.25, -0.2) is 0 Å². The first-order valence-corrected chi connectivity index (χ1v) is 8.98. The van der Waals surface area contributed by atoms with Crippen LogP contribution in [0, 0.1) is 5.92 Å². The van der Waals surface area contributed by atoms with Crippen molar-refractivity contribution in [2.24, 2.45) is 5.92 Å². The number of halogens is 3. The third-order valence-electron chi connectivity index (χ3n) is 5.49. The summed E-state index contributed by atoms with van der Waals surface area (Å²) in [4.78, 5) is 14.9. The third-order valence-corrected chi connectivity index (χ3v) is 5.49. The number of carbonyl (C=O) groups excluding carboxylic acids is 1. The van der Waals surface area contributed by atoms with Crippen LogP contribution >= 0.6 is 0 Å². The van der Waals surface area contributed by atoms with Crippen molar-refractivity contribution in [1.29, 1.82) is 0 Å². The second kappa shape index (κ2) is 6.45. The fraction of sp³-hybridized carbons (Fsp3) is 0.381. The van der Waals surface area contributed by atoms with Crippen LogP contribution in [0.5, 0.6) is 0 Å². The van der Waals surface area contributed by atoms with E-state index in [4.69, 9.17) is 0 Å². The van der Waals surface area contributed by atoms with E-state index >= 15 is 0 Å². The Bertz CT molecular complexity index is 785. The molecule has 2 aliphatic rings. The van der Waals surface area contributed by atoms with Gasteiger partial charge in [-0.2, -0.15) is 13.2 Å². The normalized spacial score (nSPS) is 25.3. The van der Waals surface area contributed by atoms with Crippen LogP contribution in [0.1, 0.15) is 47.9 Å². The van der Waals surface area contributed by atoms with Crippen molar-refractivity contribution in [3.8, 4) is 0 Å². The standard InChI is InChI=1S/C21H20F3NO/c22-21(23,24)16-10-8-14(9-11-16)17-13-18(17)20(26)25-12-4-7-19(25)15-5-2-1-3-6-15/h1-3,5-6,8-11,17-19H,4,7,12-13H2. The smallest absolute Gasteiger partial charge is 0.335 e. The Kier molecular flexibility index (Phi) is 4.25. The number of likely N-dealkylation sites (tertiary alicyclic amines) is 1. The topological polar surface area (TPSA) is 20.3 Å². The molecule has 3 atom stereocenters. The first-order chi connectivity index (χ1) is 12.4. The maximum atomic E-state index is 12.9. The summed E-state index contributed by atoms with van der Waals surface area (Å²) in [6.07, 6.45) is -1.64. The van der Waals surface area contributed by atoms with Crippen LogP contribution < -0.4 is 0 Å². The lowest BCUT2D eigenvalue weighted by Crippen LogP contribution is -2.32. The van der Waals surface area contributed by atoms with E-state index in [1.807, 2.05) is 23.1 Å². The van der Waals surface area contributed by atoms with Crippen molar-refractivity contribution in [1.82, 2.24) is 4.90 Å². The summed E-state index contributed by atoms with van der Waals surface area (Å²) in [5, 5.41) is 0. The van der Waals surface area contributed by atoms with Gasteiger partial charge in [0.15, 0.2) is 0 Å².